The SMILES string of the molecule is COC(=O)Cc1cc(Cl)c(NC[C@@H](C)N(C[C@H](O[Si](C)(C)C(C)(C)C)c2cccc(Cl)c2)C(=O)OC(C)(C)C)cc1OC. The van der Waals surface area contributed by atoms with Crippen molar-refractivity contribution in [3.8, 4) is 5.75 Å². The summed E-state index contributed by atoms with van der Waals surface area (Å²) in [6.07, 6.45) is -0.859. The van der Waals surface area contributed by atoms with Gasteiger partial charge in [-0.15, -0.1) is 0 Å². The molecular weight excluding hydrogens is 607 g/mol. The first-order valence-corrected chi connectivity index (χ1v) is 18.0. The fraction of sp³-hybridized carbons (Fsp3) is 0.562. The van der Waals surface area contributed by atoms with Crippen LogP contribution in [0.5, 0.6) is 5.75 Å². The van der Waals surface area contributed by atoms with Crippen LogP contribution in [0.2, 0.25) is 28.2 Å². The van der Waals surface area contributed by atoms with Crippen molar-refractivity contribution in [1.29, 1.82) is 0 Å². The Hall–Kier alpha value is -2.46. The molecule has 2 aromatic rings. The van der Waals surface area contributed by atoms with Gasteiger partial charge in [0.1, 0.15) is 11.4 Å². The van der Waals surface area contributed by atoms with Crippen LogP contribution in [-0.2, 0) is 25.1 Å². The lowest BCUT2D eigenvalue weighted by molar-refractivity contribution is -0.139. The molecule has 0 aliphatic rings. The fourth-order valence-corrected chi connectivity index (χ4v) is 5.76. The van der Waals surface area contributed by atoms with Crippen LogP contribution in [0.25, 0.3) is 0 Å². The first-order chi connectivity index (χ1) is 19.8. The largest absolute Gasteiger partial charge is 0.496 e. The van der Waals surface area contributed by atoms with Crippen molar-refractivity contribution in [3.63, 3.8) is 0 Å². The number of nitrogens with zero attached hydrogens (tertiary/aromatic N) is 1. The lowest BCUT2D eigenvalue weighted by Gasteiger charge is -2.41. The van der Waals surface area contributed by atoms with Gasteiger partial charge in [-0.05, 0) is 69.6 Å². The zero-order valence-electron chi connectivity index (χ0n) is 27.4. The third-order valence-electron chi connectivity index (χ3n) is 7.51. The molecule has 2 aromatic carbocycles. The number of halogens is 2. The highest BCUT2D eigenvalue weighted by Crippen LogP contribution is 2.40. The molecule has 1 amide bonds. The van der Waals surface area contributed by atoms with Crippen molar-refractivity contribution >= 4 is 49.3 Å². The molecule has 0 bridgehead atoms. The van der Waals surface area contributed by atoms with Gasteiger partial charge in [0.2, 0.25) is 0 Å². The van der Waals surface area contributed by atoms with Crippen LogP contribution in [0, 0.1) is 0 Å². The zero-order valence-corrected chi connectivity index (χ0v) is 29.9. The van der Waals surface area contributed by atoms with Crippen LogP contribution in [0.15, 0.2) is 36.4 Å². The summed E-state index contributed by atoms with van der Waals surface area (Å²) >= 11 is 13.0. The average molecular weight is 656 g/mol. The van der Waals surface area contributed by atoms with E-state index >= 15 is 0 Å². The topological polar surface area (TPSA) is 86.3 Å². The Labute approximate surface area is 268 Å². The minimum atomic E-state index is -2.26. The molecule has 0 spiro atoms. The molecule has 0 radical (unpaired) electrons. The van der Waals surface area contributed by atoms with Crippen LogP contribution in [0.4, 0.5) is 10.5 Å². The Balaban J connectivity index is 2.43. The van der Waals surface area contributed by atoms with Crippen LogP contribution >= 0.6 is 23.2 Å². The smallest absolute Gasteiger partial charge is 0.410 e. The van der Waals surface area contributed by atoms with Gasteiger partial charge in [0.15, 0.2) is 8.32 Å². The minimum Gasteiger partial charge on any atom is -0.496 e. The van der Waals surface area contributed by atoms with Crippen molar-refractivity contribution in [1.82, 2.24) is 4.90 Å². The van der Waals surface area contributed by atoms with E-state index in [-0.39, 0.29) is 24.0 Å². The highest BCUT2D eigenvalue weighted by atomic mass is 35.5. The monoisotopic (exact) mass is 654 g/mol. The second kappa shape index (κ2) is 15.0. The predicted octanol–water partition coefficient (Wildman–Crippen LogP) is 8.52. The van der Waals surface area contributed by atoms with Crippen molar-refractivity contribution in [3.05, 3.63) is 57.6 Å². The van der Waals surface area contributed by atoms with Gasteiger partial charge in [-0.1, -0.05) is 56.1 Å². The van der Waals surface area contributed by atoms with Crippen molar-refractivity contribution < 1.29 is 28.2 Å². The molecule has 0 saturated heterocycles. The fourth-order valence-electron chi connectivity index (χ4n) is 4.04. The van der Waals surface area contributed by atoms with E-state index in [1.165, 1.54) is 14.2 Å². The van der Waals surface area contributed by atoms with Crippen LogP contribution in [0.1, 0.15) is 65.7 Å². The number of rotatable bonds is 12. The molecule has 43 heavy (non-hydrogen) atoms. The summed E-state index contributed by atoms with van der Waals surface area (Å²) in [5.74, 6) is 0.101. The van der Waals surface area contributed by atoms with E-state index in [2.05, 4.69) is 39.2 Å². The van der Waals surface area contributed by atoms with Gasteiger partial charge in [0, 0.05) is 29.2 Å². The van der Waals surface area contributed by atoms with E-state index in [0.717, 1.165) is 5.56 Å². The number of esters is 1. The van der Waals surface area contributed by atoms with Gasteiger partial charge in [-0.3, -0.25) is 4.79 Å². The maximum atomic E-state index is 13.7. The molecule has 0 aliphatic heterocycles. The summed E-state index contributed by atoms with van der Waals surface area (Å²) in [6.45, 7) is 19.0. The molecule has 0 unspecified atom stereocenters. The van der Waals surface area contributed by atoms with Gasteiger partial charge in [0.25, 0.3) is 0 Å². The lowest BCUT2D eigenvalue weighted by atomic mass is 10.1. The molecule has 2 atom stereocenters. The number of hydrogen-bond donors (Lipinski definition) is 1. The number of ether oxygens (including phenoxy) is 3. The number of amides is 1. The number of nitrogens with one attached hydrogen (secondary N) is 1. The number of carbonyl (C=O) groups is 2. The molecular formula is C32H48Cl2N2O6Si. The molecule has 0 heterocycles. The molecule has 0 saturated carbocycles. The quantitative estimate of drug-likeness (QED) is 0.181. The summed E-state index contributed by atoms with van der Waals surface area (Å²) in [7, 11) is 0.596. The van der Waals surface area contributed by atoms with E-state index in [1.807, 2.05) is 52.0 Å². The Morgan fingerprint density at radius 3 is 2.21 bits per heavy atom. The van der Waals surface area contributed by atoms with Gasteiger partial charge >= 0.3 is 12.1 Å². The van der Waals surface area contributed by atoms with E-state index < -0.39 is 32.1 Å². The first kappa shape index (κ1) is 36.7. The Morgan fingerprint density at radius 1 is 1.02 bits per heavy atom. The molecule has 0 aromatic heterocycles. The Bertz CT molecular complexity index is 1260. The summed E-state index contributed by atoms with van der Waals surface area (Å²) in [4.78, 5) is 27.2. The number of carbonyl (C=O) groups excluding carboxylic acids is 2. The molecule has 0 fully saturated rings. The van der Waals surface area contributed by atoms with Crippen molar-refractivity contribution in [2.24, 2.45) is 0 Å². The summed E-state index contributed by atoms with van der Waals surface area (Å²) in [6, 6.07) is 10.7. The van der Waals surface area contributed by atoms with E-state index in [9.17, 15) is 9.59 Å². The maximum Gasteiger partial charge on any atom is 0.410 e. The van der Waals surface area contributed by atoms with E-state index in [4.69, 9.17) is 41.8 Å². The maximum absolute atomic E-state index is 13.7. The second-order valence-electron chi connectivity index (χ2n) is 13.2. The molecule has 0 aliphatic carbocycles. The van der Waals surface area contributed by atoms with Crippen molar-refractivity contribution in [2.75, 3.05) is 32.6 Å². The van der Waals surface area contributed by atoms with Gasteiger partial charge < -0.3 is 28.9 Å². The number of benzene rings is 2. The first-order valence-electron chi connectivity index (χ1n) is 14.4. The summed E-state index contributed by atoms with van der Waals surface area (Å²) in [5, 5.41) is 4.30. The van der Waals surface area contributed by atoms with Crippen LogP contribution in [0.3, 0.4) is 0 Å². The number of methoxy groups -OCH3 is 2. The molecule has 8 nitrogen and oxygen atoms in total. The van der Waals surface area contributed by atoms with E-state index in [0.29, 0.717) is 33.6 Å². The summed E-state index contributed by atoms with van der Waals surface area (Å²) < 4.78 is 23.1. The van der Waals surface area contributed by atoms with Crippen LogP contribution < -0.4 is 10.1 Å². The van der Waals surface area contributed by atoms with Crippen molar-refractivity contribution in [2.45, 2.75) is 90.8 Å². The third kappa shape index (κ3) is 10.9. The Morgan fingerprint density at radius 2 is 1.67 bits per heavy atom. The standard InChI is InChI=1S/C32H48Cl2N2O6Si/c1-21(19-35-26-18-27(39-8)23(16-25(26)34)17-29(37)40-9)36(30(38)41-31(2,3)4)20-28(22-13-12-14-24(33)15-22)42-43(10,11)32(5,6)7/h12-16,18,21,28,35H,17,19-20H2,1-11H3/t21-,28+/m1/s1. The minimum absolute atomic E-state index is 0.0294. The predicted molar refractivity (Wildman–Crippen MR) is 177 cm³/mol. The molecule has 11 heteroatoms. The normalized spacial score (nSPS) is 13.6. The van der Waals surface area contributed by atoms with Crippen LogP contribution in [-0.4, -0.2) is 64.2 Å². The molecule has 2 rings (SSSR count). The lowest BCUT2D eigenvalue weighted by Crippen LogP contribution is -2.49. The Kier molecular flexibility index (Phi) is 12.8. The average Bonchev–Trinajstić information content (AvgIpc) is 2.88. The third-order valence-corrected chi connectivity index (χ3v) is 12.5. The zero-order chi connectivity index (χ0) is 32.8. The highest BCUT2D eigenvalue weighted by Gasteiger charge is 2.41. The van der Waals surface area contributed by atoms with Gasteiger partial charge in [-0.2, -0.15) is 0 Å². The highest BCUT2D eigenvalue weighted by molar-refractivity contribution is 6.74. The van der Waals surface area contributed by atoms with Gasteiger partial charge in [-0.25, -0.2) is 4.79 Å². The molecule has 240 valence electrons. The summed E-state index contributed by atoms with van der Waals surface area (Å²) in [5.41, 5.74) is 1.41. The second-order valence-corrected chi connectivity index (χ2v) is 18.8. The van der Waals surface area contributed by atoms with Gasteiger partial charge in [0.05, 0.1) is 44.0 Å². The molecule has 1 N–H and O–H groups in total. The number of hydrogen-bond acceptors (Lipinski definition) is 7. The van der Waals surface area contributed by atoms with E-state index in [1.54, 1.807) is 17.0 Å². The number of anilines is 1.